The minimum Gasteiger partial charge on any atom is -0.478 e. The van der Waals surface area contributed by atoms with Crippen LogP contribution in [0.25, 0.3) is 0 Å². The number of hydrogen-bond donors (Lipinski definition) is 7. The molecule has 0 saturated heterocycles. The number of nitrogens with two attached hydrogens (primary N) is 1. The quantitative estimate of drug-likeness (QED) is 0.225. The third-order valence-corrected chi connectivity index (χ3v) is 1.70. The Hall–Kier alpha value is -0.770. The fourth-order valence-corrected chi connectivity index (χ4v) is 0.705. The molecule has 84 valence electrons. The van der Waals surface area contributed by atoms with Crippen LogP contribution in [0.2, 0.25) is 0 Å². The van der Waals surface area contributed by atoms with Crippen molar-refractivity contribution < 1.29 is 35.4 Å². The van der Waals surface area contributed by atoms with Gasteiger partial charge < -0.3 is 30.6 Å². The molecule has 0 aliphatic rings. The summed E-state index contributed by atoms with van der Waals surface area (Å²) in [7, 11) is 0. The fourth-order valence-electron chi connectivity index (χ4n) is 0.705. The lowest BCUT2D eigenvalue weighted by atomic mass is 9.99. The van der Waals surface area contributed by atoms with Gasteiger partial charge in [0.1, 0.15) is 18.3 Å². The summed E-state index contributed by atoms with van der Waals surface area (Å²) in [5, 5.41) is 52.5. The molecule has 8 heteroatoms. The molecule has 0 saturated carbocycles. The molecule has 0 spiro atoms. The number of aliphatic hydroxyl groups excluding tert-OH is 4. The molecule has 0 aliphatic heterocycles. The first-order valence-electron chi connectivity index (χ1n) is 3.64. The lowest BCUT2D eigenvalue weighted by molar-refractivity contribution is -0.189. The van der Waals surface area contributed by atoms with Gasteiger partial charge in [-0.25, -0.2) is 4.79 Å². The summed E-state index contributed by atoms with van der Waals surface area (Å²) in [6, 6.07) is 0. The van der Waals surface area contributed by atoms with Gasteiger partial charge in [-0.05, 0) is 0 Å². The van der Waals surface area contributed by atoms with Gasteiger partial charge in [0.25, 0.3) is 0 Å². The predicted octanol–water partition coefficient (Wildman–Crippen LogP) is -4.21. The van der Waals surface area contributed by atoms with Gasteiger partial charge in [-0.1, -0.05) is 0 Å². The van der Waals surface area contributed by atoms with E-state index in [9.17, 15) is 4.79 Å². The summed E-state index contributed by atoms with van der Waals surface area (Å²) in [4.78, 5) is 10.3. The third-order valence-electron chi connectivity index (χ3n) is 1.70. The van der Waals surface area contributed by atoms with Crippen LogP contribution in [0.4, 0.5) is 0 Å². The number of carboxylic acid groups (broad SMARTS) is 1. The zero-order chi connectivity index (χ0) is 11.5. The Labute approximate surface area is 78.8 Å². The van der Waals surface area contributed by atoms with E-state index in [4.69, 9.17) is 36.4 Å². The van der Waals surface area contributed by atoms with Crippen LogP contribution in [0.3, 0.4) is 0 Å². The van der Waals surface area contributed by atoms with Crippen LogP contribution in [-0.4, -0.2) is 67.3 Å². The van der Waals surface area contributed by atoms with Crippen molar-refractivity contribution >= 4 is 5.97 Å². The molecule has 0 rings (SSSR count). The first-order chi connectivity index (χ1) is 6.25. The Bertz CT molecular complexity index is 206. The molecule has 0 heterocycles. The summed E-state index contributed by atoms with van der Waals surface area (Å²) in [5.41, 5.74) is 1.66. The number of carbonyl (C=O) groups is 1. The highest BCUT2D eigenvalue weighted by Crippen LogP contribution is 2.11. The third kappa shape index (κ3) is 2.61. The normalized spacial score (nSPS) is 22.1. The molecule has 0 aromatic carbocycles. The van der Waals surface area contributed by atoms with Gasteiger partial charge in [0, 0.05) is 0 Å². The van der Waals surface area contributed by atoms with Crippen molar-refractivity contribution in [3.63, 3.8) is 0 Å². The van der Waals surface area contributed by atoms with Gasteiger partial charge in [-0.3, -0.25) is 5.73 Å². The predicted molar refractivity (Wildman–Crippen MR) is 41.9 cm³/mol. The van der Waals surface area contributed by atoms with E-state index in [0.717, 1.165) is 0 Å². The number of hydrogen-bond acceptors (Lipinski definition) is 7. The second kappa shape index (κ2) is 4.64. The topological polar surface area (TPSA) is 164 Å². The molecular weight excluding hydrogens is 198 g/mol. The minimum absolute atomic E-state index is 0.909. The summed E-state index contributed by atoms with van der Waals surface area (Å²) in [5.74, 6) is -1.96. The lowest BCUT2D eigenvalue weighted by Gasteiger charge is -2.29. The van der Waals surface area contributed by atoms with Gasteiger partial charge >= 0.3 is 5.97 Å². The van der Waals surface area contributed by atoms with Gasteiger partial charge in [-0.2, -0.15) is 0 Å². The van der Waals surface area contributed by atoms with E-state index < -0.39 is 36.6 Å². The van der Waals surface area contributed by atoms with E-state index >= 15 is 0 Å². The van der Waals surface area contributed by atoms with E-state index in [1.165, 1.54) is 0 Å². The van der Waals surface area contributed by atoms with Crippen LogP contribution >= 0.6 is 0 Å². The Balaban J connectivity index is 4.60. The molecule has 0 fully saturated rings. The van der Waals surface area contributed by atoms with Crippen LogP contribution in [0.1, 0.15) is 0 Å². The molecule has 8 N–H and O–H groups in total. The maximum atomic E-state index is 10.3. The van der Waals surface area contributed by atoms with Crippen molar-refractivity contribution in [3.05, 3.63) is 0 Å². The van der Waals surface area contributed by atoms with E-state index in [0.29, 0.717) is 0 Å². The van der Waals surface area contributed by atoms with E-state index in [2.05, 4.69) is 0 Å². The van der Waals surface area contributed by atoms with Crippen LogP contribution in [0, 0.1) is 0 Å². The van der Waals surface area contributed by atoms with Crippen LogP contribution < -0.4 is 5.73 Å². The first kappa shape index (κ1) is 13.2. The molecule has 4 atom stereocenters. The largest absolute Gasteiger partial charge is 0.478 e. The van der Waals surface area contributed by atoms with Crippen molar-refractivity contribution in [2.45, 2.75) is 24.0 Å². The van der Waals surface area contributed by atoms with Crippen molar-refractivity contribution in [1.82, 2.24) is 0 Å². The molecule has 8 nitrogen and oxygen atoms in total. The smallest absolute Gasteiger partial charge is 0.353 e. The Morgan fingerprint density at radius 1 is 1.36 bits per heavy atom. The van der Waals surface area contributed by atoms with E-state index in [1.807, 2.05) is 0 Å². The number of carboxylic acids is 1. The zero-order valence-electron chi connectivity index (χ0n) is 7.11. The molecular formula is C6H13NO7. The maximum Gasteiger partial charge on any atom is 0.353 e. The van der Waals surface area contributed by atoms with Gasteiger partial charge in [-0.15, -0.1) is 0 Å². The molecule has 0 aromatic heterocycles. The number of rotatable bonds is 5. The summed E-state index contributed by atoms with van der Waals surface area (Å²) < 4.78 is 0. The standard InChI is InChI=1S/C6H13NO7/c7-6(14,5(12)13)4(11)3(10)2(9)1-8/h2-4,8-11,14H,1,7H2,(H,12,13)/t2-,3+,4-,6-/m0/s1. The molecule has 0 aliphatic carbocycles. The van der Waals surface area contributed by atoms with Crippen LogP contribution in [0.5, 0.6) is 0 Å². The van der Waals surface area contributed by atoms with Crippen molar-refractivity contribution in [3.8, 4) is 0 Å². The van der Waals surface area contributed by atoms with E-state index in [1.54, 1.807) is 0 Å². The van der Waals surface area contributed by atoms with E-state index in [-0.39, 0.29) is 0 Å². The Kier molecular flexibility index (Phi) is 4.39. The monoisotopic (exact) mass is 211 g/mol. The molecule has 0 unspecified atom stereocenters. The highest BCUT2D eigenvalue weighted by Gasteiger charge is 2.45. The average molecular weight is 211 g/mol. The number of aliphatic hydroxyl groups is 5. The van der Waals surface area contributed by atoms with Crippen molar-refractivity contribution in [1.29, 1.82) is 0 Å². The van der Waals surface area contributed by atoms with Gasteiger partial charge in [0.2, 0.25) is 5.72 Å². The number of aliphatic carboxylic acids is 1. The Morgan fingerprint density at radius 2 is 1.79 bits per heavy atom. The van der Waals surface area contributed by atoms with Crippen molar-refractivity contribution in [2.75, 3.05) is 6.61 Å². The molecule has 0 bridgehead atoms. The minimum atomic E-state index is -3.09. The fraction of sp³-hybridized carbons (Fsp3) is 0.833. The Morgan fingerprint density at radius 3 is 2.07 bits per heavy atom. The van der Waals surface area contributed by atoms with Crippen LogP contribution in [-0.2, 0) is 4.79 Å². The second-order valence-corrected chi connectivity index (χ2v) is 2.82. The highest BCUT2D eigenvalue weighted by atomic mass is 16.4. The summed E-state index contributed by atoms with van der Waals surface area (Å²) in [6.45, 7) is -0.909. The average Bonchev–Trinajstić information content (AvgIpc) is 2.13. The van der Waals surface area contributed by atoms with Gasteiger partial charge in [0.05, 0.1) is 6.61 Å². The second-order valence-electron chi connectivity index (χ2n) is 2.82. The summed E-state index contributed by atoms with van der Waals surface area (Å²) >= 11 is 0. The molecule has 14 heavy (non-hydrogen) atoms. The van der Waals surface area contributed by atoms with Gasteiger partial charge in [0.15, 0.2) is 0 Å². The molecule has 0 aromatic rings. The lowest BCUT2D eigenvalue weighted by Crippen LogP contribution is -2.63. The maximum absolute atomic E-state index is 10.3. The van der Waals surface area contributed by atoms with Crippen LogP contribution in [0.15, 0.2) is 0 Å². The first-order valence-corrected chi connectivity index (χ1v) is 3.64. The van der Waals surface area contributed by atoms with Crippen molar-refractivity contribution in [2.24, 2.45) is 5.73 Å². The molecule has 0 amide bonds. The summed E-state index contributed by atoms with van der Waals surface area (Å²) in [6.07, 6.45) is -6.17. The SMILES string of the molecule is N[C@@](O)(C(=O)O)[C@@H](O)[C@H](O)[C@@H](O)CO. The zero-order valence-corrected chi connectivity index (χ0v) is 7.11. The highest BCUT2D eigenvalue weighted by molar-refractivity contribution is 5.77. The molecule has 0 radical (unpaired) electrons.